The van der Waals surface area contributed by atoms with Crippen LogP contribution in [0.2, 0.25) is 0 Å². The van der Waals surface area contributed by atoms with Crippen LogP contribution in [0, 0.1) is 5.41 Å². The molecule has 3 atom stereocenters. The summed E-state index contributed by atoms with van der Waals surface area (Å²) in [6.45, 7) is 10.1. The highest BCUT2D eigenvalue weighted by molar-refractivity contribution is 5.94. The topological polar surface area (TPSA) is 97.0 Å². The molecule has 2 rings (SSSR count). The molecule has 154 valence electrons. The molecule has 8 heteroatoms. The van der Waals surface area contributed by atoms with Crippen molar-refractivity contribution in [1.82, 2.24) is 15.5 Å². The van der Waals surface area contributed by atoms with Crippen molar-refractivity contribution in [3.8, 4) is 0 Å². The third-order valence-electron chi connectivity index (χ3n) is 5.48. The lowest BCUT2D eigenvalue weighted by atomic mass is 9.83. The van der Waals surface area contributed by atoms with Crippen molar-refractivity contribution in [3.05, 3.63) is 0 Å². The van der Waals surface area contributed by atoms with Gasteiger partial charge in [0.05, 0.1) is 19.3 Å². The zero-order valence-corrected chi connectivity index (χ0v) is 16.9. The Morgan fingerprint density at radius 3 is 2.52 bits per heavy atom. The molecule has 0 radical (unpaired) electrons. The summed E-state index contributed by atoms with van der Waals surface area (Å²) >= 11 is 0. The smallest absolute Gasteiger partial charge is 0.318 e. The summed E-state index contributed by atoms with van der Waals surface area (Å²) in [6.07, 6.45) is 1.69. The summed E-state index contributed by atoms with van der Waals surface area (Å²) in [5.74, 6) is -0.455. The van der Waals surface area contributed by atoms with E-state index in [1.54, 1.807) is 4.90 Å². The van der Waals surface area contributed by atoms with E-state index in [0.717, 1.165) is 6.42 Å². The molecule has 2 saturated heterocycles. The first-order chi connectivity index (χ1) is 12.8. The number of hydrogen-bond acceptors (Lipinski definition) is 5. The molecule has 2 aliphatic rings. The number of ketones is 1. The Hall–Kier alpha value is -1.67. The van der Waals surface area contributed by atoms with Gasteiger partial charge in [0.2, 0.25) is 5.91 Å². The second kappa shape index (κ2) is 9.50. The summed E-state index contributed by atoms with van der Waals surface area (Å²) in [6, 6.07) is -1.62. The highest BCUT2D eigenvalue weighted by Crippen LogP contribution is 2.26. The number of rotatable bonds is 7. The lowest BCUT2D eigenvalue weighted by Crippen LogP contribution is -2.57. The van der Waals surface area contributed by atoms with E-state index in [-0.39, 0.29) is 35.8 Å². The number of Topliss-reactive ketones (excluding diaryl/α,β-unsaturated/α-hetero) is 1. The van der Waals surface area contributed by atoms with E-state index in [1.165, 1.54) is 0 Å². The Morgan fingerprint density at radius 1 is 1.26 bits per heavy atom. The summed E-state index contributed by atoms with van der Waals surface area (Å²) in [5.41, 5.74) is -0.124. The van der Waals surface area contributed by atoms with E-state index in [2.05, 4.69) is 31.4 Å². The zero-order valence-electron chi connectivity index (χ0n) is 16.9. The lowest BCUT2D eigenvalue weighted by Gasteiger charge is -2.32. The Bertz CT molecular complexity index is 545. The van der Waals surface area contributed by atoms with E-state index < -0.39 is 12.1 Å². The number of urea groups is 1. The summed E-state index contributed by atoms with van der Waals surface area (Å²) in [7, 11) is 0. The van der Waals surface area contributed by atoms with Crippen LogP contribution in [0.4, 0.5) is 4.79 Å². The van der Waals surface area contributed by atoms with Gasteiger partial charge in [-0.2, -0.15) is 0 Å². The average molecular weight is 383 g/mol. The van der Waals surface area contributed by atoms with Gasteiger partial charge < -0.3 is 25.0 Å². The van der Waals surface area contributed by atoms with E-state index in [1.807, 2.05) is 6.92 Å². The summed E-state index contributed by atoms with van der Waals surface area (Å²) < 4.78 is 10.7. The predicted octanol–water partition coefficient (Wildman–Crippen LogP) is 1.09. The minimum Gasteiger partial charge on any atom is -0.378 e. The highest BCUT2D eigenvalue weighted by Gasteiger charge is 2.38. The minimum absolute atomic E-state index is 0.0225. The molecule has 0 saturated carbocycles. The molecule has 0 aromatic heterocycles. The molecule has 8 nitrogen and oxygen atoms in total. The Balaban J connectivity index is 2.07. The zero-order chi connectivity index (χ0) is 20.0. The van der Waals surface area contributed by atoms with Gasteiger partial charge in [0.15, 0.2) is 5.78 Å². The van der Waals surface area contributed by atoms with E-state index in [9.17, 15) is 14.4 Å². The highest BCUT2D eigenvalue weighted by atomic mass is 16.5. The van der Waals surface area contributed by atoms with Crippen LogP contribution in [0.15, 0.2) is 0 Å². The van der Waals surface area contributed by atoms with Crippen molar-refractivity contribution in [2.24, 2.45) is 5.41 Å². The van der Waals surface area contributed by atoms with Crippen molar-refractivity contribution in [2.75, 3.05) is 32.9 Å². The first-order valence-electron chi connectivity index (χ1n) is 9.85. The molecule has 0 aromatic carbocycles. The van der Waals surface area contributed by atoms with Crippen molar-refractivity contribution in [2.45, 2.75) is 65.1 Å². The fraction of sp³-hybridized carbons (Fsp3) is 0.842. The van der Waals surface area contributed by atoms with Gasteiger partial charge in [0, 0.05) is 13.1 Å². The molecule has 0 spiro atoms. The van der Waals surface area contributed by atoms with E-state index >= 15 is 0 Å². The van der Waals surface area contributed by atoms with Gasteiger partial charge in [-0.25, -0.2) is 4.79 Å². The molecular weight excluding hydrogens is 350 g/mol. The fourth-order valence-electron chi connectivity index (χ4n) is 3.28. The number of nitrogens with zero attached hydrogens (tertiary/aromatic N) is 1. The fourth-order valence-corrected chi connectivity index (χ4v) is 3.28. The van der Waals surface area contributed by atoms with Crippen LogP contribution in [0.5, 0.6) is 0 Å². The van der Waals surface area contributed by atoms with E-state index in [0.29, 0.717) is 39.1 Å². The number of carbonyl (C=O) groups is 3. The van der Waals surface area contributed by atoms with Gasteiger partial charge in [-0.15, -0.1) is 0 Å². The number of morpholine rings is 1. The Morgan fingerprint density at radius 2 is 1.93 bits per heavy atom. The lowest BCUT2D eigenvalue weighted by molar-refractivity contribution is -0.128. The van der Waals surface area contributed by atoms with Gasteiger partial charge in [-0.05, 0) is 18.3 Å². The maximum absolute atomic E-state index is 12.9. The van der Waals surface area contributed by atoms with Crippen molar-refractivity contribution < 1.29 is 23.9 Å². The molecule has 27 heavy (non-hydrogen) atoms. The molecule has 3 amide bonds. The normalized spacial score (nSPS) is 24.6. The predicted molar refractivity (Wildman–Crippen MR) is 100 cm³/mol. The SMILES string of the molecule is CCC1OCC(=O)C1NC(=O)[C@H](CC(C)(C)CC)NC(=O)N1CCOCC1. The van der Waals surface area contributed by atoms with Gasteiger partial charge in [-0.3, -0.25) is 9.59 Å². The van der Waals surface area contributed by atoms with Crippen LogP contribution in [-0.2, 0) is 19.1 Å². The second-order valence-corrected chi connectivity index (χ2v) is 8.03. The van der Waals surface area contributed by atoms with Gasteiger partial charge >= 0.3 is 6.03 Å². The van der Waals surface area contributed by atoms with Crippen molar-refractivity contribution >= 4 is 17.7 Å². The van der Waals surface area contributed by atoms with Crippen LogP contribution in [-0.4, -0.2) is 73.7 Å². The van der Waals surface area contributed by atoms with Gasteiger partial charge in [0.25, 0.3) is 0 Å². The summed E-state index contributed by atoms with van der Waals surface area (Å²) in [5, 5.41) is 5.68. The summed E-state index contributed by atoms with van der Waals surface area (Å²) in [4.78, 5) is 39.3. The molecule has 0 bridgehead atoms. The van der Waals surface area contributed by atoms with Gasteiger partial charge in [0.1, 0.15) is 18.7 Å². The Labute approximate surface area is 161 Å². The molecule has 0 aliphatic carbocycles. The van der Waals surface area contributed by atoms with E-state index in [4.69, 9.17) is 9.47 Å². The monoisotopic (exact) mass is 383 g/mol. The molecule has 2 fully saturated rings. The number of amides is 3. The third kappa shape index (κ3) is 5.90. The molecule has 2 unspecified atom stereocenters. The number of carbonyl (C=O) groups excluding carboxylic acids is 3. The van der Waals surface area contributed by atoms with Crippen LogP contribution < -0.4 is 10.6 Å². The van der Waals surface area contributed by atoms with Gasteiger partial charge in [-0.1, -0.05) is 34.1 Å². The van der Waals surface area contributed by atoms with Crippen LogP contribution in [0.25, 0.3) is 0 Å². The maximum atomic E-state index is 12.9. The van der Waals surface area contributed by atoms with Crippen LogP contribution in [0.1, 0.15) is 47.0 Å². The van der Waals surface area contributed by atoms with Crippen molar-refractivity contribution in [1.29, 1.82) is 0 Å². The average Bonchev–Trinajstić information content (AvgIpc) is 3.01. The quantitative estimate of drug-likeness (QED) is 0.686. The minimum atomic E-state index is -0.707. The third-order valence-corrected chi connectivity index (χ3v) is 5.48. The standard InChI is InChI=1S/C19H33N3O5/c1-5-15-16(14(23)12-27-15)21-17(24)13(11-19(3,4)6-2)20-18(25)22-7-9-26-10-8-22/h13,15-16H,5-12H2,1-4H3,(H,20,25)(H,21,24)/t13-,15?,16?/m0/s1. The molecule has 2 N–H and O–H groups in total. The van der Waals surface area contributed by atoms with Crippen LogP contribution >= 0.6 is 0 Å². The number of hydrogen-bond donors (Lipinski definition) is 2. The Kier molecular flexibility index (Phi) is 7.61. The number of nitrogens with one attached hydrogen (secondary N) is 2. The first-order valence-corrected chi connectivity index (χ1v) is 9.85. The molecular formula is C19H33N3O5. The largest absolute Gasteiger partial charge is 0.378 e. The maximum Gasteiger partial charge on any atom is 0.318 e. The second-order valence-electron chi connectivity index (χ2n) is 8.03. The molecule has 2 aliphatic heterocycles. The molecule has 0 aromatic rings. The number of ether oxygens (including phenoxy) is 2. The molecule has 2 heterocycles. The van der Waals surface area contributed by atoms with Crippen molar-refractivity contribution in [3.63, 3.8) is 0 Å². The first kappa shape index (κ1) is 21.6. The van der Waals surface area contributed by atoms with Crippen LogP contribution in [0.3, 0.4) is 0 Å².